The lowest BCUT2D eigenvalue weighted by molar-refractivity contribution is -0.152. The molecule has 0 aliphatic heterocycles. The number of hydrogen-bond donors (Lipinski definition) is 1. The van der Waals surface area contributed by atoms with Gasteiger partial charge in [-0.1, -0.05) is 65.5 Å². The van der Waals surface area contributed by atoms with Crippen LogP contribution in [0, 0.1) is 52.3 Å². The molecule has 8 atom stereocenters. The van der Waals surface area contributed by atoms with Crippen molar-refractivity contribution in [3.8, 4) is 0 Å². The van der Waals surface area contributed by atoms with Gasteiger partial charge in [0.15, 0.2) is 0 Å². The summed E-state index contributed by atoms with van der Waals surface area (Å²) in [5, 5.41) is 10.1. The normalized spacial score (nSPS) is 44.1. The van der Waals surface area contributed by atoms with Crippen molar-refractivity contribution >= 4 is 5.97 Å². The number of hydrogen-bond acceptors (Lipinski definition) is 1. The molecule has 3 fully saturated rings. The fourth-order valence-corrected chi connectivity index (χ4v) is 9.15. The van der Waals surface area contributed by atoms with E-state index in [2.05, 4.69) is 40.7 Å². The highest BCUT2D eigenvalue weighted by molar-refractivity contribution is 5.72. The van der Waals surface area contributed by atoms with Gasteiger partial charge in [-0.05, 0) is 92.3 Å². The summed E-state index contributed by atoms with van der Waals surface area (Å²) in [6, 6.07) is 0. The third-order valence-corrected chi connectivity index (χ3v) is 10.7. The second kappa shape index (κ2) is 8.28. The minimum atomic E-state index is -0.542. The average Bonchev–Trinajstić information content (AvgIpc) is 3.03. The molecule has 1 N–H and O–H groups in total. The van der Waals surface area contributed by atoms with Crippen LogP contribution in [0.4, 0.5) is 0 Å². The van der Waals surface area contributed by atoms with Crippen molar-refractivity contribution in [1.29, 1.82) is 0 Å². The lowest BCUT2D eigenvalue weighted by Crippen LogP contribution is -2.54. The van der Waals surface area contributed by atoms with Crippen molar-refractivity contribution in [2.45, 2.75) is 105 Å². The maximum atomic E-state index is 12.2. The molecular formula is C28H46O2. The molecule has 0 saturated heterocycles. The Bertz CT molecular complexity index is 678. The smallest absolute Gasteiger partial charge is 0.307 e. The van der Waals surface area contributed by atoms with Crippen molar-refractivity contribution in [2.75, 3.05) is 0 Å². The Balaban J connectivity index is 1.54. The molecule has 170 valence electrons. The molecule has 4 aliphatic rings. The predicted octanol–water partition coefficient (Wildman–Crippen LogP) is 7.73. The Morgan fingerprint density at radius 3 is 2.57 bits per heavy atom. The zero-order valence-corrected chi connectivity index (χ0v) is 20.3. The molecule has 0 heterocycles. The first-order chi connectivity index (χ1) is 14.2. The predicted molar refractivity (Wildman–Crippen MR) is 124 cm³/mol. The monoisotopic (exact) mass is 414 g/mol. The van der Waals surface area contributed by atoms with Crippen molar-refractivity contribution < 1.29 is 9.90 Å². The lowest BCUT2D eigenvalue weighted by Gasteiger charge is -2.59. The summed E-state index contributed by atoms with van der Waals surface area (Å²) in [6.45, 7) is 12.2. The van der Waals surface area contributed by atoms with Gasteiger partial charge >= 0.3 is 5.97 Å². The van der Waals surface area contributed by atoms with Crippen molar-refractivity contribution in [3.05, 3.63) is 11.6 Å². The minimum Gasteiger partial charge on any atom is -0.481 e. The third kappa shape index (κ3) is 3.49. The zero-order chi connectivity index (χ0) is 21.7. The molecule has 30 heavy (non-hydrogen) atoms. The summed E-state index contributed by atoms with van der Waals surface area (Å²) >= 11 is 0. The fourth-order valence-electron chi connectivity index (χ4n) is 9.15. The molecule has 2 heteroatoms. The molecule has 0 spiro atoms. The Hall–Kier alpha value is -0.790. The number of carboxylic acid groups (broad SMARTS) is 1. The second-order valence-corrected chi connectivity index (χ2v) is 12.4. The van der Waals surface area contributed by atoms with Gasteiger partial charge in [-0.15, -0.1) is 0 Å². The molecule has 3 saturated carbocycles. The Kier molecular flexibility index (Phi) is 6.19. The number of carboxylic acids is 1. The van der Waals surface area contributed by atoms with E-state index in [1.807, 2.05) is 0 Å². The lowest BCUT2D eigenvalue weighted by atomic mass is 9.45. The van der Waals surface area contributed by atoms with Gasteiger partial charge in [0.25, 0.3) is 0 Å². The van der Waals surface area contributed by atoms with Gasteiger partial charge in [-0.3, -0.25) is 4.79 Å². The van der Waals surface area contributed by atoms with Gasteiger partial charge in [0.05, 0.1) is 5.92 Å². The molecule has 0 amide bonds. The molecule has 0 aromatic rings. The fraction of sp³-hybridized carbons (Fsp3) is 0.893. The standard InChI is InChI=1S/C28H46O2/c1-18(2)8-6-9-19(3)22-14-15-23-21-13-12-20-10-7-11-25(26(29)30)28(20,5)24(21)16-17-27(22,23)4/h12,18-19,21-25H,6-11,13-17H2,1-5H3,(H,29,30)/t19-,21+,22-,23+,24+,25?,27-,28+/m1/s1. The van der Waals surface area contributed by atoms with Gasteiger partial charge in [0.2, 0.25) is 0 Å². The summed E-state index contributed by atoms with van der Waals surface area (Å²) in [7, 11) is 0. The summed E-state index contributed by atoms with van der Waals surface area (Å²) in [4.78, 5) is 12.2. The number of rotatable bonds is 6. The van der Waals surface area contributed by atoms with Crippen LogP contribution in [0.5, 0.6) is 0 Å². The van der Waals surface area contributed by atoms with Crippen molar-refractivity contribution in [3.63, 3.8) is 0 Å². The van der Waals surface area contributed by atoms with Gasteiger partial charge in [0, 0.05) is 5.41 Å². The molecule has 4 rings (SSSR count). The van der Waals surface area contributed by atoms with Gasteiger partial charge in [-0.2, -0.15) is 0 Å². The van der Waals surface area contributed by atoms with E-state index >= 15 is 0 Å². The molecule has 0 aromatic carbocycles. The SMILES string of the molecule is CC(C)CCC[C@@H](C)[C@H]1CC[C@H]2[C@@H]3CC=C4CCCC(C(=O)O)[C@]4(C)[C@H]3CC[C@]12C. The van der Waals surface area contributed by atoms with Crippen LogP contribution >= 0.6 is 0 Å². The molecule has 4 aliphatic carbocycles. The molecule has 0 aromatic heterocycles. The maximum absolute atomic E-state index is 12.2. The molecule has 2 nitrogen and oxygen atoms in total. The number of allylic oxidation sites excluding steroid dienone is 2. The highest BCUT2D eigenvalue weighted by Crippen LogP contribution is 2.68. The van der Waals surface area contributed by atoms with Crippen LogP contribution in [0.3, 0.4) is 0 Å². The number of carbonyl (C=O) groups is 1. The Morgan fingerprint density at radius 1 is 1.10 bits per heavy atom. The van der Waals surface area contributed by atoms with Gasteiger partial charge in [-0.25, -0.2) is 0 Å². The molecule has 1 unspecified atom stereocenters. The first kappa shape index (κ1) is 22.4. The Labute approximate surface area is 185 Å². The van der Waals surface area contributed by atoms with Crippen LogP contribution in [0.15, 0.2) is 11.6 Å². The van der Waals surface area contributed by atoms with E-state index in [0.29, 0.717) is 17.3 Å². The van der Waals surface area contributed by atoms with Crippen LogP contribution in [-0.4, -0.2) is 11.1 Å². The summed E-state index contributed by atoms with van der Waals surface area (Å²) < 4.78 is 0. The minimum absolute atomic E-state index is 0.0880. The van der Waals surface area contributed by atoms with Crippen LogP contribution in [0.25, 0.3) is 0 Å². The average molecular weight is 415 g/mol. The highest BCUT2D eigenvalue weighted by Gasteiger charge is 2.61. The van der Waals surface area contributed by atoms with Gasteiger partial charge < -0.3 is 5.11 Å². The summed E-state index contributed by atoms with van der Waals surface area (Å²) in [6.07, 6.45) is 16.3. The Morgan fingerprint density at radius 2 is 1.87 bits per heavy atom. The number of aliphatic carboxylic acids is 1. The highest BCUT2D eigenvalue weighted by atomic mass is 16.4. The summed E-state index contributed by atoms with van der Waals surface area (Å²) in [5.41, 5.74) is 1.89. The van der Waals surface area contributed by atoms with Crippen LogP contribution in [-0.2, 0) is 4.79 Å². The number of fused-ring (bicyclic) bond motifs is 5. The van der Waals surface area contributed by atoms with E-state index in [1.165, 1.54) is 56.9 Å². The van der Waals surface area contributed by atoms with Crippen LogP contribution < -0.4 is 0 Å². The molecule has 0 bridgehead atoms. The first-order valence-corrected chi connectivity index (χ1v) is 13.1. The van der Waals surface area contributed by atoms with E-state index < -0.39 is 5.97 Å². The molecular weight excluding hydrogens is 368 g/mol. The largest absolute Gasteiger partial charge is 0.481 e. The molecule has 0 radical (unpaired) electrons. The topological polar surface area (TPSA) is 37.3 Å². The quantitative estimate of drug-likeness (QED) is 0.451. The second-order valence-electron chi connectivity index (χ2n) is 12.4. The maximum Gasteiger partial charge on any atom is 0.307 e. The van der Waals surface area contributed by atoms with Crippen LogP contribution in [0.1, 0.15) is 105 Å². The summed E-state index contributed by atoms with van der Waals surface area (Å²) in [5.74, 6) is 3.93. The van der Waals surface area contributed by atoms with Crippen LogP contribution in [0.2, 0.25) is 0 Å². The van der Waals surface area contributed by atoms with E-state index in [0.717, 1.165) is 42.9 Å². The van der Waals surface area contributed by atoms with E-state index in [4.69, 9.17) is 0 Å². The van der Waals surface area contributed by atoms with E-state index in [-0.39, 0.29) is 11.3 Å². The van der Waals surface area contributed by atoms with Gasteiger partial charge in [0.1, 0.15) is 0 Å². The first-order valence-electron chi connectivity index (χ1n) is 13.1. The third-order valence-electron chi connectivity index (χ3n) is 10.7. The van der Waals surface area contributed by atoms with Crippen molar-refractivity contribution in [1.82, 2.24) is 0 Å². The van der Waals surface area contributed by atoms with Crippen molar-refractivity contribution in [2.24, 2.45) is 52.3 Å². The van der Waals surface area contributed by atoms with E-state index in [1.54, 1.807) is 0 Å². The zero-order valence-electron chi connectivity index (χ0n) is 20.3. The van der Waals surface area contributed by atoms with E-state index in [9.17, 15) is 9.90 Å².